The van der Waals surface area contributed by atoms with Gasteiger partial charge in [0.1, 0.15) is 0 Å². The van der Waals surface area contributed by atoms with Gasteiger partial charge >= 0.3 is 0 Å². The minimum Gasteiger partial charge on any atom is -0.273 e. The van der Waals surface area contributed by atoms with Gasteiger partial charge in [0.15, 0.2) is 0 Å². The van der Waals surface area contributed by atoms with Crippen molar-refractivity contribution >= 4 is 21.8 Å². The Morgan fingerprint density at radius 1 is 0.958 bits per heavy atom. The molecule has 0 heterocycles. The first-order valence-electron chi connectivity index (χ1n) is 7.09. The quantitative estimate of drug-likeness (QED) is 0.689. The Labute approximate surface area is 140 Å². The van der Waals surface area contributed by atoms with Crippen LogP contribution in [0.25, 0.3) is 0 Å². The number of amides is 2. The summed E-state index contributed by atoms with van der Waals surface area (Å²) in [5, 5.41) is 0. The van der Waals surface area contributed by atoms with Crippen molar-refractivity contribution in [2.24, 2.45) is 0 Å². The number of hydrogen-bond acceptors (Lipinski definition) is 4. The van der Waals surface area contributed by atoms with Gasteiger partial charge in [-0.15, -0.1) is 0 Å². The summed E-state index contributed by atoms with van der Waals surface area (Å²) in [7, 11) is -2.36. The number of benzene rings is 2. The van der Waals surface area contributed by atoms with Crippen LogP contribution in [0.15, 0.2) is 59.5 Å². The molecule has 2 amide bonds. The van der Waals surface area contributed by atoms with Crippen LogP contribution in [0.3, 0.4) is 0 Å². The van der Waals surface area contributed by atoms with Crippen LogP contribution in [-0.4, -0.2) is 27.3 Å². The normalized spacial score (nSPS) is 10.9. The van der Waals surface area contributed by atoms with Crippen molar-refractivity contribution in [1.82, 2.24) is 15.6 Å². The Bertz CT molecular complexity index is 835. The molecule has 3 N–H and O–H groups in total. The second-order valence-corrected chi connectivity index (χ2v) is 6.79. The van der Waals surface area contributed by atoms with Gasteiger partial charge in [-0.3, -0.25) is 20.4 Å². The molecule has 0 spiro atoms. The highest BCUT2D eigenvalue weighted by Crippen LogP contribution is 2.10. The standard InChI is InChI=1S/C16H17N3O4S/c1-17-24(22,23)14-9-5-8-13(11-14)16(21)19-18-15(20)10-12-6-3-2-4-7-12/h2-9,11,17H,10H2,1H3,(H,18,20)(H,19,21). The topological polar surface area (TPSA) is 104 Å². The zero-order chi connectivity index (χ0) is 17.6. The fourth-order valence-corrected chi connectivity index (χ4v) is 2.72. The molecule has 0 aliphatic heterocycles. The fourth-order valence-electron chi connectivity index (χ4n) is 1.95. The van der Waals surface area contributed by atoms with Gasteiger partial charge in [-0.1, -0.05) is 36.4 Å². The lowest BCUT2D eigenvalue weighted by Gasteiger charge is -2.09. The predicted molar refractivity (Wildman–Crippen MR) is 88.4 cm³/mol. The van der Waals surface area contributed by atoms with Crippen LogP contribution in [-0.2, 0) is 21.2 Å². The first-order chi connectivity index (χ1) is 11.4. The highest BCUT2D eigenvalue weighted by Gasteiger charge is 2.14. The molecule has 7 nitrogen and oxygen atoms in total. The molecule has 0 aliphatic carbocycles. The molecule has 2 rings (SSSR count). The van der Waals surface area contributed by atoms with Crippen LogP contribution in [0, 0.1) is 0 Å². The molecule has 0 aromatic heterocycles. The van der Waals surface area contributed by atoms with Gasteiger partial charge in [0, 0.05) is 5.56 Å². The molecule has 0 radical (unpaired) electrons. The van der Waals surface area contributed by atoms with Crippen molar-refractivity contribution in [3.8, 4) is 0 Å². The molecule has 0 unspecified atom stereocenters. The van der Waals surface area contributed by atoms with Gasteiger partial charge in [0.05, 0.1) is 11.3 Å². The summed E-state index contributed by atoms with van der Waals surface area (Å²) < 4.78 is 25.6. The fraction of sp³-hybridized carbons (Fsp3) is 0.125. The van der Waals surface area contributed by atoms with Gasteiger partial charge in [0.25, 0.3) is 5.91 Å². The largest absolute Gasteiger partial charge is 0.273 e. The zero-order valence-electron chi connectivity index (χ0n) is 12.9. The summed E-state index contributed by atoms with van der Waals surface area (Å²) in [6.45, 7) is 0. The molecule has 8 heteroatoms. The lowest BCUT2D eigenvalue weighted by molar-refractivity contribution is -0.121. The van der Waals surface area contributed by atoms with Crippen molar-refractivity contribution in [1.29, 1.82) is 0 Å². The number of sulfonamides is 1. The maximum absolute atomic E-state index is 12.0. The number of hydrazine groups is 1. The molecule has 0 saturated carbocycles. The summed E-state index contributed by atoms with van der Waals surface area (Å²) in [6, 6.07) is 14.6. The molecule has 0 aliphatic rings. The molecular formula is C16H17N3O4S. The van der Waals surface area contributed by atoms with E-state index >= 15 is 0 Å². The second kappa shape index (κ2) is 7.71. The van der Waals surface area contributed by atoms with Gasteiger partial charge < -0.3 is 0 Å². The Kier molecular flexibility index (Phi) is 5.67. The lowest BCUT2D eigenvalue weighted by Crippen LogP contribution is -2.42. The summed E-state index contributed by atoms with van der Waals surface area (Å²) in [5.74, 6) is -0.988. The van der Waals surface area contributed by atoms with Crippen LogP contribution >= 0.6 is 0 Å². The van der Waals surface area contributed by atoms with Crippen LogP contribution in [0.1, 0.15) is 15.9 Å². The minimum atomic E-state index is -3.64. The average Bonchev–Trinajstić information content (AvgIpc) is 2.60. The van der Waals surface area contributed by atoms with E-state index in [-0.39, 0.29) is 22.8 Å². The van der Waals surface area contributed by atoms with Crippen LogP contribution in [0.4, 0.5) is 0 Å². The molecule has 2 aromatic carbocycles. The van der Waals surface area contributed by atoms with E-state index in [1.165, 1.54) is 31.3 Å². The monoisotopic (exact) mass is 347 g/mol. The van der Waals surface area contributed by atoms with Crippen molar-refractivity contribution in [3.63, 3.8) is 0 Å². The number of carbonyl (C=O) groups excluding carboxylic acids is 2. The summed E-state index contributed by atoms with van der Waals surface area (Å²) >= 11 is 0. The molecule has 0 saturated heterocycles. The van der Waals surface area contributed by atoms with Gasteiger partial charge in [-0.2, -0.15) is 0 Å². The highest BCUT2D eigenvalue weighted by atomic mass is 32.2. The van der Waals surface area contributed by atoms with Crippen LogP contribution in [0.2, 0.25) is 0 Å². The number of hydrogen-bond donors (Lipinski definition) is 3. The summed E-state index contributed by atoms with van der Waals surface area (Å²) in [5.41, 5.74) is 5.49. The molecule has 0 atom stereocenters. The SMILES string of the molecule is CNS(=O)(=O)c1cccc(C(=O)NNC(=O)Cc2ccccc2)c1. The van der Waals surface area contributed by atoms with Crippen LogP contribution in [0.5, 0.6) is 0 Å². The Balaban J connectivity index is 1.98. The molecule has 24 heavy (non-hydrogen) atoms. The third-order valence-electron chi connectivity index (χ3n) is 3.20. The number of rotatable bonds is 5. The maximum Gasteiger partial charge on any atom is 0.269 e. The second-order valence-electron chi connectivity index (χ2n) is 4.90. The Morgan fingerprint density at radius 3 is 2.33 bits per heavy atom. The molecular weight excluding hydrogens is 330 g/mol. The predicted octanol–water partition coefficient (Wildman–Crippen LogP) is 0.598. The van der Waals surface area contributed by atoms with Gasteiger partial charge in [0.2, 0.25) is 15.9 Å². The van der Waals surface area contributed by atoms with E-state index < -0.39 is 15.9 Å². The van der Waals surface area contributed by atoms with E-state index in [0.717, 1.165) is 5.56 Å². The van der Waals surface area contributed by atoms with Gasteiger partial charge in [-0.25, -0.2) is 13.1 Å². The van der Waals surface area contributed by atoms with E-state index in [1.54, 1.807) is 12.1 Å². The van der Waals surface area contributed by atoms with Gasteiger partial charge in [-0.05, 0) is 30.8 Å². The third kappa shape index (κ3) is 4.64. The number of carbonyl (C=O) groups is 2. The van der Waals surface area contributed by atoms with E-state index in [1.807, 2.05) is 18.2 Å². The van der Waals surface area contributed by atoms with E-state index in [4.69, 9.17) is 0 Å². The van der Waals surface area contributed by atoms with Crippen molar-refractivity contribution in [3.05, 3.63) is 65.7 Å². The van der Waals surface area contributed by atoms with Crippen molar-refractivity contribution in [2.45, 2.75) is 11.3 Å². The van der Waals surface area contributed by atoms with Crippen molar-refractivity contribution < 1.29 is 18.0 Å². The first kappa shape index (κ1) is 17.6. The molecule has 126 valence electrons. The minimum absolute atomic E-state index is 0.0340. The maximum atomic E-state index is 12.0. The third-order valence-corrected chi connectivity index (χ3v) is 4.61. The smallest absolute Gasteiger partial charge is 0.269 e. The molecule has 0 bridgehead atoms. The van der Waals surface area contributed by atoms with E-state index in [0.29, 0.717) is 0 Å². The molecule has 0 fully saturated rings. The average molecular weight is 347 g/mol. The van der Waals surface area contributed by atoms with E-state index in [2.05, 4.69) is 15.6 Å². The first-order valence-corrected chi connectivity index (χ1v) is 8.57. The highest BCUT2D eigenvalue weighted by molar-refractivity contribution is 7.89. The number of nitrogens with one attached hydrogen (secondary N) is 3. The zero-order valence-corrected chi connectivity index (χ0v) is 13.8. The summed E-state index contributed by atoms with van der Waals surface area (Å²) in [6.07, 6.45) is 0.120. The Hall–Kier alpha value is -2.71. The molecule has 2 aromatic rings. The van der Waals surface area contributed by atoms with Crippen LogP contribution < -0.4 is 15.6 Å². The Morgan fingerprint density at radius 2 is 1.67 bits per heavy atom. The lowest BCUT2D eigenvalue weighted by atomic mass is 10.1. The van der Waals surface area contributed by atoms with Crippen molar-refractivity contribution in [2.75, 3.05) is 7.05 Å². The van der Waals surface area contributed by atoms with E-state index in [9.17, 15) is 18.0 Å². The summed E-state index contributed by atoms with van der Waals surface area (Å²) in [4.78, 5) is 23.8.